The predicted octanol–water partition coefficient (Wildman–Crippen LogP) is 2.82. The first-order valence-corrected chi connectivity index (χ1v) is 10.9. The fraction of sp³-hybridized carbons (Fsp3) is 0.263. The van der Waals surface area contributed by atoms with Crippen LogP contribution in [0.25, 0.3) is 11.0 Å². The highest BCUT2D eigenvalue weighted by molar-refractivity contribution is 7.89. The average Bonchev–Trinajstić information content (AvgIpc) is 3.07. The highest BCUT2D eigenvalue weighted by Gasteiger charge is 2.31. The number of aromatic amines is 2. The van der Waals surface area contributed by atoms with E-state index in [-0.39, 0.29) is 42.5 Å². The number of sulfonamides is 1. The lowest BCUT2D eigenvalue weighted by Gasteiger charge is -2.34. The van der Waals surface area contributed by atoms with Gasteiger partial charge in [-0.1, -0.05) is 17.7 Å². The molecule has 0 unspecified atom stereocenters. The number of benzene rings is 2. The summed E-state index contributed by atoms with van der Waals surface area (Å²) in [6.07, 6.45) is 0. The second-order valence-corrected chi connectivity index (χ2v) is 9.31. The van der Waals surface area contributed by atoms with Crippen LogP contribution in [0.4, 0.5) is 4.39 Å². The Morgan fingerprint density at radius 3 is 2.38 bits per heavy atom. The number of carbonyl (C=O) groups excluding carboxylic acids is 1. The summed E-state index contributed by atoms with van der Waals surface area (Å²) in [5.41, 5.74) is 2.00. The number of carbonyl (C=O) groups is 1. The fourth-order valence-electron chi connectivity index (χ4n) is 3.44. The van der Waals surface area contributed by atoms with Crippen LogP contribution in [0.1, 0.15) is 15.9 Å². The number of nitrogens with zero attached hydrogens (tertiary/aromatic N) is 2. The Morgan fingerprint density at radius 1 is 1.07 bits per heavy atom. The van der Waals surface area contributed by atoms with Crippen LogP contribution in [0.5, 0.6) is 0 Å². The van der Waals surface area contributed by atoms with Gasteiger partial charge in [-0.25, -0.2) is 12.8 Å². The van der Waals surface area contributed by atoms with Gasteiger partial charge in [-0.05, 0) is 43.4 Å². The van der Waals surface area contributed by atoms with Crippen LogP contribution in [0.3, 0.4) is 0 Å². The molecule has 2 heterocycles. The first-order chi connectivity index (χ1) is 13.8. The van der Waals surface area contributed by atoms with Crippen molar-refractivity contribution < 1.29 is 17.6 Å². The molecule has 2 N–H and O–H groups in total. The van der Waals surface area contributed by atoms with Gasteiger partial charge in [-0.3, -0.25) is 4.79 Å². The molecule has 2 aromatic carbocycles. The van der Waals surface area contributed by atoms with E-state index in [2.05, 4.69) is 9.97 Å². The third-order valence-electron chi connectivity index (χ3n) is 5.00. The molecule has 0 saturated carbocycles. The standard InChI is InChI=1S/C19H19FN4O3S2/c1-12-2-4-14(5-3-12)29(26,27)24-8-6-23(7-9-24)18(25)15-10-13(20)11-16-17(15)22-19(28)21-16/h2-5,10-11H,6-9H2,1H3,(H2,21,22,28). The van der Waals surface area contributed by atoms with Crippen molar-refractivity contribution in [3.05, 3.63) is 58.1 Å². The number of fused-ring (bicyclic) bond motifs is 1. The van der Waals surface area contributed by atoms with Crippen molar-refractivity contribution in [2.24, 2.45) is 0 Å². The van der Waals surface area contributed by atoms with Crippen LogP contribution in [-0.4, -0.2) is 59.7 Å². The highest BCUT2D eigenvalue weighted by Crippen LogP contribution is 2.22. The molecule has 29 heavy (non-hydrogen) atoms. The molecule has 4 rings (SSSR count). The van der Waals surface area contributed by atoms with Gasteiger partial charge in [-0.15, -0.1) is 0 Å². The molecule has 1 aliphatic rings. The van der Waals surface area contributed by atoms with Gasteiger partial charge < -0.3 is 14.9 Å². The van der Waals surface area contributed by atoms with E-state index in [9.17, 15) is 17.6 Å². The van der Waals surface area contributed by atoms with E-state index < -0.39 is 15.8 Å². The number of hydrogen-bond acceptors (Lipinski definition) is 4. The lowest BCUT2D eigenvalue weighted by atomic mass is 10.1. The molecule has 0 aliphatic carbocycles. The Kier molecular flexibility index (Phi) is 5.01. The van der Waals surface area contributed by atoms with Gasteiger partial charge in [0.2, 0.25) is 10.0 Å². The second kappa shape index (κ2) is 7.36. The fourth-order valence-corrected chi connectivity index (χ4v) is 5.07. The van der Waals surface area contributed by atoms with E-state index in [1.807, 2.05) is 6.92 Å². The quantitative estimate of drug-likeness (QED) is 0.621. The zero-order chi connectivity index (χ0) is 20.8. The Bertz CT molecular complexity index is 1240. The normalized spacial score (nSPS) is 15.7. The molecule has 0 spiro atoms. The molecule has 1 aromatic heterocycles. The molecular formula is C19H19FN4O3S2. The molecule has 0 atom stereocenters. The van der Waals surface area contributed by atoms with Crippen molar-refractivity contribution in [1.82, 2.24) is 19.2 Å². The molecule has 10 heteroatoms. The number of halogens is 1. The molecule has 152 valence electrons. The van der Waals surface area contributed by atoms with Crippen molar-refractivity contribution in [1.29, 1.82) is 0 Å². The molecule has 7 nitrogen and oxygen atoms in total. The minimum atomic E-state index is -3.62. The summed E-state index contributed by atoms with van der Waals surface area (Å²) in [6, 6.07) is 9.11. The van der Waals surface area contributed by atoms with Crippen LogP contribution >= 0.6 is 12.2 Å². The maximum absolute atomic E-state index is 13.9. The van der Waals surface area contributed by atoms with E-state index in [0.29, 0.717) is 15.8 Å². The van der Waals surface area contributed by atoms with Crippen molar-refractivity contribution in [2.75, 3.05) is 26.2 Å². The van der Waals surface area contributed by atoms with Crippen LogP contribution in [0.15, 0.2) is 41.3 Å². The van der Waals surface area contributed by atoms with Crippen molar-refractivity contribution in [3.8, 4) is 0 Å². The maximum Gasteiger partial charge on any atom is 0.256 e. The number of amides is 1. The molecule has 1 saturated heterocycles. The SMILES string of the molecule is Cc1ccc(S(=O)(=O)N2CCN(C(=O)c3cc(F)cc4[nH]c(=S)[nH]c34)CC2)cc1. The van der Waals surface area contributed by atoms with Gasteiger partial charge in [0.05, 0.1) is 21.5 Å². The van der Waals surface area contributed by atoms with Gasteiger partial charge in [0.25, 0.3) is 5.91 Å². The Balaban J connectivity index is 1.53. The van der Waals surface area contributed by atoms with Gasteiger partial charge in [0.15, 0.2) is 4.77 Å². The first kappa shape index (κ1) is 19.7. The van der Waals surface area contributed by atoms with Crippen molar-refractivity contribution in [2.45, 2.75) is 11.8 Å². The topological polar surface area (TPSA) is 89.3 Å². The maximum atomic E-state index is 13.9. The van der Waals surface area contributed by atoms with E-state index in [1.165, 1.54) is 21.3 Å². The summed E-state index contributed by atoms with van der Waals surface area (Å²) in [7, 11) is -3.62. The molecule has 0 radical (unpaired) electrons. The van der Waals surface area contributed by atoms with Crippen LogP contribution in [0.2, 0.25) is 0 Å². The third-order valence-corrected chi connectivity index (χ3v) is 7.12. The molecule has 1 aliphatic heterocycles. The number of piperazine rings is 1. The number of hydrogen-bond donors (Lipinski definition) is 2. The Morgan fingerprint density at radius 2 is 1.72 bits per heavy atom. The Hall–Kier alpha value is -2.56. The first-order valence-electron chi connectivity index (χ1n) is 9.03. The minimum Gasteiger partial charge on any atom is -0.336 e. The van der Waals surface area contributed by atoms with E-state index >= 15 is 0 Å². The smallest absolute Gasteiger partial charge is 0.256 e. The second-order valence-electron chi connectivity index (χ2n) is 6.96. The average molecular weight is 435 g/mol. The predicted molar refractivity (Wildman–Crippen MR) is 109 cm³/mol. The molecule has 3 aromatic rings. The summed E-state index contributed by atoms with van der Waals surface area (Å²) < 4.78 is 41.2. The van der Waals surface area contributed by atoms with E-state index in [4.69, 9.17) is 12.2 Å². The monoisotopic (exact) mass is 434 g/mol. The summed E-state index contributed by atoms with van der Waals surface area (Å²) in [4.78, 5) is 20.4. The summed E-state index contributed by atoms with van der Waals surface area (Å²) in [6.45, 7) is 2.66. The van der Waals surface area contributed by atoms with Crippen LogP contribution in [0, 0.1) is 17.5 Å². The lowest BCUT2D eigenvalue weighted by Crippen LogP contribution is -2.50. The number of aromatic nitrogens is 2. The number of aryl methyl sites for hydroxylation is 1. The zero-order valence-corrected chi connectivity index (χ0v) is 17.2. The Labute approximate surface area is 172 Å². The minimum absolute atomic E-state index is 0.169. The van der Waals surface area contributed by atoms with Gasteiger partial charge in [-0.2, -0.15) is 4.31 Å². The zero-order valence-electron chi connectivity index (χ0n) is 15.6. The highest BCUT2D eigenvalue weighted by atomic mass is 32.2. The van der Waals surface area contributed by atoms with Gasteiger partial charge >= 0.3 is 0 Å². The summed E-state index contributed by atoms with van der Waals surface area (Å²) >= 11 is 5.04. The van der Waals surface area contributed by atoms with Crippen LogP contribution in [-0.2, 0) is 10.0 Å². The summed E-state index contributed by atoms with van der Waals surface area (Å²) in [5, 5.41) is 0. The van der Waals surface area contributed by atoms with Gasteiger partial charge in [0, 0.05) is 26.2 Å². The molecular weight excluding hydrogens is 415 g/mol. The number of imidazole rings is 1. The van der Waals surface area contributed by atoms with Crippen LogP contribution < -0.4 is 0 Å². The molecule has 1 fully saturated rings. The number of H-pyrrole nitrogens is 2. The third kappa shape index (κ3) is 3.70. The van der Waals surface area contributed by atoms with Crippen molar-refractivity contribution in [3.63, 3.8) is 0 Å². The largest absolute Gasteiger partial charge is 0.336 e. The molecule has 1 amide bonds. The number of rotatable bonds is 3. The van der Waals surface area contributed by atoms with E-state index in [1.54, 1.807) is 24.3 Å². The van der Waals surface area contributed by atoms with Gasteiger partial charge in [0.1, 0.15) is 5.82 Å². The lowest BCUT2D eigenvalue weighted by molar-refractivity contribution is 0.0699. The summed E-state index contributed by atoms with van der Waals surface area (Å²) in [5.74, 6) is -0.918. The van der Waals surface area contributed by atoms with E-state index in [0.717, 1.165) is 5.56 Å². The molecule has 0 bridgehead atoms. The number of nitrogens with one attached hydrogen (secondary N) is 2. The van der Waals surface area contributed by atoms with Crippen molar-refractivity contribution >= 4 is 39.2 Å².